The molecule has 1 heterocycles. The zero-order valence-corrected chi connectivity index (χ0v) is 24.9. The summed E-state index contributed by atoms with van der Waals surface area (Å²) >= 11 is 11.7. The Hall–Kier alpha value is -2.23. The van der Waals surface area contributed by atoms with E-state index in [1.165, 1.54) is 12.1 Å². The van der Waals surface area contributed by atoms with Gasteiger partial charge < -0.3 is 26.2 Å². The molecule has 0 saturated carbocycles. The van der Waals surface area contributed by atoms with Crippen LogP contribution in [-0.2, 0) is 9.59 Å². The van der Waals surface area contributed by atoms with E-state index >= 15 is 0 Å². The summed E-state index contributed by atoms with van der Waals surface area (Å²) in [6.45, 7) is 14.3. The highest BCUT2D eigenvalue weighted by molar-refractivity contribution is 6.31. The molecule has 1 aliphatic heterocycles. The van der Waals surface area contributed by atoms with E-state index in [1.807, 2.05) is 12.2 Å². The molecule has 7 nitrogen and oxygen atoms in total. The Kier molecular flexibility index (Phi) is 19.5. The molecule has 1 unspecified atom stereocenters. The second kappa shape index (κ2) is 20.6. The van der Waals surface area contributed by atoms with Gasteiger partial charge in [-0.1, -0.05) is 75.7 Å². The van der Waals surface area contributed by atoms with Crippen LogP contribution in [0.1, 0.15) is 58.4 Å². The van der Waals surface area contributed by atoms with E-state index in [-0.39, 0.29) is 23.5 Å². The van der Waals surface area contributed by atoms with Crippen molar-refractivity contribution in [2.45, 2.75) is 59.0 Å². The van der Waals surface area contributed by atoms with Crippen molar-refractivity contribution in [1.29, 1.82) is 0 Å². The lowest BCUT2D eigenvalue weighted by Gasteiger charge is -2.21. The molecule has 2 rings (SSSR count). The van der Waals surface area contributed by atoms with Crippen molar-refractivity contribution in [2.24, 2.45) is 11.3 Å². The van der Waals surface area contributed by atoms with E-state index in [2.05, 4.69) is 50.2 Å². The molecule has 1 aromatic rings. The second-order valence-electron chi connectivity index (χ2n) is 10.6. The topological polar surface area (TPSA) is 111 Å². The fraction of sp³-hybridized carbons (Fsp3) is 0.517. The standard InChI is InChI=1S/C18H19Cl2FN2O.C6H13NO3.C5H12/c1-2-13(19)6-4-3-5-12-9-22-10-15(12)14-7-17(21)16(20)8-18(14)23-11-24;8-4-2-6(10)1-3-7-5-9;1-5(2,3)4/h2-4,6-8,11-12,15,22H,1,5,9-10H2,(H,23,24);5-6,8,10H,1-4H2,(H,7,9);1-4H3/b4-3-,13-6+;;/t12-,15+;;/m0../s1. The van der Waals surface area contributed by atoms with E-state index in [0.717, 1.165) is 25.1 Å². The van der Waals surface area contributed by atoms with Crippen LogP contribution in [0, 0.1) is 17.2 Å². The molecular weight excluding hydrogens is 544 g/mol. The molecular formula is C29H44Cl2FN3O4. The number of benzene rings is 1. The number of halogens is 3. The van der Waals surface area contributed by atoms with E-state index < -0.39 is 11.9 Å². The lowest BCUT2D eigenvalue weighted by molar-refractivity contribution is -0.109. The van der Waals surface area contributed by atoms with Crippen molar-refractivity contribution in [1.82, 2.24) is 10.6 Å². The minimum absolute atomic E-state index is 0.00490. The molecule has 2 amide bonds. The summed E-state index contributed by atoms with van der Waals surface area (Å²) in [6.07, 6.45) is 9.59. The van der Waals surface area contributed by atoms with Crippen molar-refractivity contribution >= 4 is 41.7 Å². The van der Waals surface area contributed by atoms with Gasteiger partial charge in [-0.2, -0.15) is 0 Å². The molecule has 220 valence electrons. The average Bonchev–Trinajstić information content (AvgIpc) is 3.32. The van der Waals surface area contributed by atoms with Crippen LogP contribution in [0.4, 0.5) is 10.1 Å². The Balaban J connectivity index is 0.000000796. The average molecular weight is 589 g/mol. The van der Waals surface area contributed by atoms with Gasteiger partial charge in [0.25, 0.3) is 0 Å². The van der Waals surface area contributed by atoms with Gasteiger partial charge in [0, 0.05) is 36.3 Å². The van der Waals surface area contributed by atoms with Crippen LogP contribution < -0.4 is 16.0 Å². The number of aliphatic hydroxyl groups is 2. The summed E-state index contributed by atoms with van der Waals surface area (Å²) in [5, 5.41) is 26.2. The minimum Gasteiger partial charge on any atom is -0.396 e. The highest BCUT2D eigenvalue weighted by atomic mass is 35.5. The third-order valence-electron chi connectivity index (χ3n) is 5.24. The van der Waals surface area contributed by atoms with Crippen LogP contribution in [-0.4, -0.2) is 55.4 Å². The van der Waals surface area contributed by atoms with Crippen molar-refractivity contribution in [3.05, 3.63) is 64.5 Å². The second-order valence-corrected chi connectivity index (χ2v) is 11.4. The highest BCUT2D eigenvalue weighted by Gasteiger charge is 2.30. The molecule has 5 N–H and O–H groups in total. The summed E-state index contributed by atoms with van der Waals surface area (Å²) in [4.78, 5) is 20.5. The number of anilines is 1. The van der Waals surface area contributed by atoms with Crippen LogP contribution >= 0.6 is 23.2 Å². The fourth-order valence-corrected chi connectivity index (χ4v) is 3.72. The number of rotatable bonds is 13. The lowest BCUT2D eigenvalue weighted by atomic mass is 9.85. The first-order valence-corrected chi connectivity index (χ1v) is 13.6. The maximum atomic E-state index is 13.9. The zero-order chi connectivity index (χ0) is 29.8. The monoisotopic (exact) mass is 587 g/mol. The van der Waals surface area contributed by atoms with Gasteiger partial charge in [-0.3, -0.25) is 9.59 Å². The van der Waals surface area contributed by atoms with Gasteiger partial charge in [0.05, 0.1) is 11.1 Å². The van der Waals surface area contributed by atoms with Gasteiger partial charge in [-0.15, -0.1) is 0 Å². The van der Waals surface area contributed by atoms with Gasteiger partial charge in [-0.05, 0) is 60.9 Å². The molecule has 39 heavy (non-hydrogen) atoms. The van der Waals surface area contributed by atoms with Gasteiger partial charge in [0.1, 0.15) is 5.82 Å². The van der Waals surface area contributed by atoms with E-state index in [9.17, 15) is 14.0 Å². The van der Waals surface area contributed by atoms with E-state index in [4.69, 9.17) is 33.4 Å². The minimum atomic E-state index is -0.502. The summed E-state index contributed by atoms with van der Waals surface area (Å²) in [7, 11) is 0. The quantitative estimate of drug-likeness (QED) is 0.118. The predicted molar refractivity (Wildman–Crippen MR) is 160 cm³/mol. The van der Waals surface area contributed by atoms with Gasteiger partial charge >= 0.3 is 0 Å². The number of aliphatic hydroxyl groups excluding tert-OH is 2. The number of carbonyl (C=O) groups is 2. The Bertz CT molecular complexity index is 930. The highest BCUT2D eigenvalue weighted by Crippen LogP contribution is 2.37. The Morgan fingerprint density at radius 2 is 1.90 bits per heavy atom. The van der Waals surface area contributed by atoms with Crippen molar-refractivity contribution in [3.63, 3.8) is 0 Å². The SMILES string of the molecule is C=C/C(Cl)=C\C=C/C[C@H]1CNC[C@H]1c1cc(F)c(Cl)cc1NC=O.CC(C)(C)C.O=CNCCC(O)CCO. The molecule has 1 aromatic carbocycles. The lowest BCUT2D eigenvalue weighted by Crippen LogP contribution is -2.19. The molecule has 1 fully saturated rings. The molecule has 0 aromatic heterocycles. The normalized spacial score (nSPS) is 17.8. The molecule has 3 atom stereocenters. The van der Waals surface area contributed by atoms with E-state index in [0.29, 0.717) is 48.3 Å². The first-order valence-electron chi connectivity index (χ1n) is 12.9. The number of allylic oxidation sites excluding steroid dienone is 5. The molecule has 0 aliphatic carbocycles. The fourth-order valence-electron chi connectivity index (χ4n) is 3.49. The van der Waals surface area contributed by atoms with Crippen LogP contribution in [0.2, 0.25) is 5.02 Å². The maximum absolute atomic E-state index is 13.9. The Morgan fingerprint density at radius 1 is 1.23 bits per heavy atom. The predicted octanol–water partition coefficient (Wildman–Crippen LogP) is 5.52. The largest absolute Gasteiger partial charge is 0.396 e. The van der Waals surface area contributed by atoms with Gasteiger partial charge in [-0.25, -0.2) is 4.39 Å². The third-order valence-corrected chi connectivity index (χ3v) is 5.81. The molecule has 0 bridgehead atoms. The molecule has 10 heteroatoms. The molecule has 1 saturated heterocycles. The number of nitrogens with one attached hydrogen (secondary N) is 3. The number of carbonyl (C=O) groups excluding carboxylic acids is 2. The molecule has 1 aliphatic rings. The molecule has 0 spiro atoms. The zero-order valence-electron chi connectivity index (χ0n) is 23.4. The smallest absolute Gasteiger partial charge is 0.211 e. The van der Waals surface area contributed by atoms with Crippen LogP contribution in [0.3, 0.4) is 0 Å². The van der Waals surface area contributed by atoms with Crippen LogP contribution in [0.5, 0.6) is 0 Å². The number of hydrogen-bond acceptors (Lipinski definition) is 5. The van der Waals surface area contributed by atoms with E-state index in [1.54, 1.807) is 12.2 Å². The van der Waals surface area contributed by atoms with Gasteiger partial charge in [0.15, 0.2) is 0 Å². The van der Waals surface area contributed by atoms with Crippen molar-refractivity contribution in [3.8, 4) is 0 Å². The Morgan fingerprint density at radius 3 is 2.46 bits per heavy atom. The molecule has 0 radical (unpaired) electrons. The van der Waals surface area contributed by atoms with Crippen LogP contribution in [0.25, 0.3) is 0 Å². The number of amides is 2. The van der Waals surface area contributed by atoms with Crippen molar-refractivity contribution in [2.75, 3.05) is 31.6 Å². The summed E-state index contributed by atoms with van der Waals surface area (Å²) in [5.41, 5.74) is 1.81. The van der Waals surface area contributed by atoms with Crippen molar-refractivity contribution < 1.29 is 24.2 Å². The first kappa shape index (κ1) is 36.8. The summed E-state index contributed by atoms with van der Waals surface area (Å²) in [6, 6.07) is 2.87. The van der Waals surface area contributed by atoms with Crippen LogP contribution in [0.15, 0.2) is 48.0 Å². The Labute approximate surface area is 242 Å². The summed E-state index contributed by atoms with van der Waals surface area (Å²) < 4.78 is 13.9. The van der Waals surface area contributed by atoms with Gasteiger partial charge in [0.2, 0.25) is 12.8 Å². The first-order chi connectivity index (χ1) is 18.4. The number of hydrogen-bond donors (Lipinski definition) is 5. The maximum Gasteiger partial charge on any atom is 0.211 e. The third kappa shape index (κ3) is 17.9. The summed E-state index contributed by atoms with van der Waals surface area (Å²) in [5.74, 6) is -0.113.